The topological polar surface area (TPSA) is 90.2 Å². The van der Waals surface area contributed by atoms with Gasteiger partial charge in [-0.25, -0.2) is 8.42 Å². The maximum atomic E-state index is 13.0. The van der Waals surface area contributed by atoms with Gasteiger partial charge in [-0.3, -0.25) is 14.6 Å². The van der Waals surface area contributed by atoms with Crippen LogP contribution in [0.1, 0.15) is 17.8 Å². The highest BCUT2D eigenvalue weighted by atomic mass is 32.2. The quantitative estimate of drug-likeness (QED) is 0.781. The normalized spacial score (nSPS) is 19.5. The second-order valence-corrected chi connectivity index (χ2v) is 7.69. The molecular weight excluding hydrogens is 330 g/mol. The molecule has 3 heterocycles. The second kappa shape index (κ2) is 6.96. The van der Waals surface area contributed by atoms with Crippen LogP contribution in [0.2, 0.25) is 0 Å². The Hall–Kier alpha value is -1.84. The minimum absolute atomic E-state index is 0.217. The van der Waals surface area contributed by atoms with Crippen LogP contribution in [-0.4, -0.2) is 58.3 Å². The van der Waals surface area contributed by atoms with Gasteiger partial charge in [-0.1, -0.05) is 0 Å². The molecule has 2 aromatic rings. The third-order valence-electron chi connectivity index (χ3n) is 4.08. The molecule has 1 aliphatic rings. The Labute approximate surface area is 141 Å². The lowest BCUT2D eigenvalue weighted by atomic mass is 10.1. The summed E-state index contributed by atoms with van der Waals surface area (Å²) in [6.07, 6.45) is 7.81. The summed E-state index contributed by atoms with van der Waals surface area (Å²) >= 11 is 0. The van der Waals surface area contributed by atoms with Crippen LogP contribution in [0.3, 0.4) is 0 Å². The van der Waals surface area contributed by atoms with Crippen LogP contribution >= 0.6 is 0 Å². The fourth-order valence-electron chi connectivity index (χ4n) is 2.91. The molecule has 0 N–H and O–H groups in total. The van der Waals surface area contributed by atoms with Crippen LogP contribution in [0.5, 0.6) is 0 Å². The van der Waals surface area contributed by atoms with Crippen molar-refractivity contribution in [3.63, 3.8) is 0 Å². The lowest BCUT2D eigenvalue weighted by molar-refractivity contribution is 0.0297. The number of ether oxygens (including phenoxy) is 1. The van der Waals surface area contributed by atoms with Gasteiger partial charge in [0.1, 0.15) is 4.90 Å². The molecule has 0 bridgehead atoms. The standard InChI is InChI=1S/C15H21N5O3S/c1-12-15(10-19(2)18-12)24(21,22)20-7-8-23-11-14(20)4-3-13-9-16-5-6-17-13/h5-6,9-10,14H,3-4,7-8,11H2,1-2H3/t14-/m0/s1. The van der Waals surface area contributed by atoms with E-state index in [0.29, 0.717) is 38.3 Å². The zero-order chi connectivity index (χ0) is 17.2. The van der Waals surface area contributed by atoms with Gasteiger partial charge in [0.25, 0.3) is 0 Å². The van der Waals surface area contributed by atoms with Crippen LogP contribution in [0.15, 0.2) is 29.7 Å². The van der Waals surface area contributed by atoms with Crippen molar-refractivity contribution in [2.24, 2.45) is 7.05 Å². The number of sulfonamides is 1. The maximum Gasteiger partial charge on any atom is 0.246 e. The van der Waals surface area contributed by atoms with Gasteiger partial charge in [-0.15, -0.1) is 0 Å². The van der Waals surface area contributed by atoms with E-state index in [1.807, 2.05) is 0 Å². The summed E-state index contributed by atoms with van der Waals surface area (Å²) in [6.45, 7) is 2.85. The lowest BCUT2D eigenvalue weighted by Gasteiger charge is -2.34. The van der Waals surface area contributed by atoms with E-state index in [0.717, 1.165) is 5.69 Å². The zero-order valence-corrected chi connectivity index (χ0v) is 14.6. The minimum Gasteiger partial charge on any atom is -0.378 e. The molecule has 0 amide bonds. The monoisotopic (exact) mass is 351 g/mol. The largest absolute Gasteiger partial charge is 0.378 e. The Balaban J connectivity index is 1.80. The maximum absolute atomic E-state index is 13.0. The van der Waals surface area contributed by atoms with Crippen molar-refractivity contribution in [1.29, 1.82) is 0 Å². The molecule has 24 heavy (non-hydrogen) atoms. The summed E-state index contributed by atoms with van der Waals surface area (Å²) in [7, 11) is -1.87. The highest BCUT2D eigenvalue weighted by Crippen LogP contribution is 2.24. The van der Waals surface area contributed by atoms with Gasteiger partial charge in [0, 0.05) is 44.4 Å². The van der Waals surface area contributed by atoms with Crippen LogP contribution < -0.4 is 0 Å². The molecular formula is C15H21N5O3S. The first-order chi connectivity index (χ1) is 11.5. The smallest absolute Gasteiger partial charge is 0.246 e. The fourth-order valence-corrected chi connectivity index (χ4v) is 4.74. The molecule has 130 valence electrons. The highest BCUT2D eigenvalue weighted by Gasteiger charge is 2.35. The van der Waals surface area contributed by atoms with Gasteiger partial charge in [-0.05, 0) is 19.8 Å². The molecule has 0 aliphatic carbocycles. The third-order valence-corrected chi connectivity index (χ3v) is 6.13. The highest BCUT2D eigenvalue weighted by molar-refractivity contribution is 7.89. The summed E-state index contributed by atoms with van der Waals surface area (Å²) < 4.78 is 34.6. The predicted octanol–water partition coefficient (Wildman–Crippen LogP) is 0.541. The van der Waals surface area contributed by atoms with Gasteiger partial charge in [0.2, 0.25) is 10.0 Å². The van der Waals surface area contributed by atoms with E-state index in [9.17, 15) is 8.42 Å². The molecule has 1 saturated heterocycles. The fraction of sp³-hybridized carbons (Fsp3) is 0.533. The van der Waals surface area contributed by atoms with Crippen LogP contribution in [0.4, 0.5) is 0 Å². The summed E-state index contributed by atoms with van der Waals surface area (Å²) in [6, 6.07) is -0.217. The van der Waals surface area contributed by atoms with Crippen molar-refractivity contribution in [2.45, 2.75) is 30.7 Å². The van der Waals surface area contributed by atoms with E-state index in [4.69, 9.17) is 4.74 Å². The van der Waals surface area contributed by atoms with Crippen molar-refractivity contribution in [3.8, 4) is 0 Å². The van der Waals surface area contributed by atoms with Crippen molar-refractivity contribution in [1.82, 2.24) is 24.1 Å². The summed E-state index contributed by atoms with van der Waals surface area (Å²) in [5.41, 5.74) is 1.36. The molecule has 1 aliphatic heterocycles. The van der Waals surface area contributed by atoms with Crippen molar-refractivity contribution < 1.29 is 13.2 Å². The van der Waals surface area contributed by atoms with E-state index in [-0.39, 0.29) is 10.9 Å². The molecule has 1 atom stereocenters. The van der Waals surface area contributed by atoms with Gasteiger partial charge in [-0.2, -0.15) is 9.40 Å². The van der Waals surface area contributed by atoms with E-state index >= 15 is 0 Å². The van der Waals surface area contributed by atoms with E-state index in [1.54, 1.807) is 38.8 Å². The molecule has 0 aromatic carbocycles. The van der Waals surface area contributed by atoms with E-state index in [2.05, 4.69) is 15.1 Å². The summed E-state index contributed by atoms with van der Waals surface area (Å²) in [4.78, 5) is 8.54. The molecule has 8 nitrogen and oxygen atoms in total. The van der Waals surface area contributed by atoms with Gasteiger partial charge in [0.15, 0.2) is 0 Å². The molecule has 0 radical (unpaired) electrons. The number of nitrogens with zero attached hydrogens (tertiary/aromatic N) is 5. The number of morpholine rings is 1. The van der Waals surface area contributed by atoms with E-state index in [1.165, 1.54) is 8.99 Å². The van der Waals surface area contributed by atoms with Crippen LogP contribution in [0, 0.1) is 6.92 Å². The SMILES string of the molecule is Cc1nn(C)cc1S(=O)(=O)N1CCOC[C@@H]1CCc1cnccn1. The zero-order valence-electron chi connectivity index (χ0n) is 13.8. The third kappa shape index (κ3) is 3.47. The molecule has 9 heteroatoms. The first-order valence-corrected chi connectivity index (χ1v) is 9.27. The van der Waals surface area contributed by atoms with Crippen molar-refractivity contribution in [2.75, 3.05) is 19.8 Å². The Morgan fingerprint density at radius 3 is 2.88 bits per heavy atom. The minimum atomic E-state index is -3.59. The number of aromatic nitrogens is 4. The Bertz CT molecular complexity index is 791. The molecule has 3 rings (SSSR count). The predicted molar refractivity (Wildman–Crippen MR) is 86.8 cm³/mol. The Morgan fingerprint density at radius 2 is 2.21 bits per heavy atom. The first kappa shape index (κ1) is 17.0. The number of hydrogen-bond acceptors (Lipinski definition) is 6. The number of rotatable bonds is 5. The van der Waals surface area contributed by atoms with Crippen LogP contribution in [0.25, 0.3) is 0 Å². The van der Waals surface area contributed by atoms with Gasteiger partial charge < -0.3 is 4.74 Å². The van der Waals surface area contributed by atoms with Crippen LogP contribution in [-0.2, 0) is 28.2 Å². The summed E-state index contributed by atoms with van der Waals surface area (Å²) in [5, 5.41) is 4.15. The molecule has 1 fully saturated rings. The molecule has 2 aromatic heterocycles. The average molecular weight is 351 g/mol. The van der Waals surface area contributed by atoms with Gasteiger partial charge >= 0.3 is 0 Å². The number of aryl methyl sites for hydroxylation is 3. The number of hydrogen-bond donors (Lipinski definition) is 0. The van der Waals surface area contributed by atoms with Crippen molar-refractivity contribution >= 4 is 10.0 Å². The molecule has 0 saturated carbocycles. The van der Waals surface area contributed by atoms with Crippen molar-refractivity contribution in [3.05, 3.63) is 36.2 Å². The Kier molecular flexibility index (Phi) is 4.93. The first-order valence-electron chi connectivity index (χ1n) is 7.83. The molecule has 0 spiro atoms. The van der Waals surface area contributed by atoms with Gasteiger partial charge in [0.05, 0.1) is 24.6 Å². The Morgan fingerprint density at radius 1 is 1.38 bits per heavy atom. The molecule has 0 unspecified atom stereocenters. The van der Waals surface area contributed by atoms with E-state index < -0.39 is 10.0 Å². The second-order valence-electron chi connectivity index (χ2n) is 5.83. The lowest BCUT2D eigenvalue weighted by Crippen LogP contribution is -2.48. The average Bonchev–Trinajstić information content (AvgIpc) is 2.93. The summed E-state index contributed by atoms with van der Waals surface area (Å²) in [5.74, 6) is 0.